The van der Waals surface area contributed by atoms with Gasteiger partial charge in [0.05, 0.1) is 11.7 Å². The van der Waals surface area contributed by atoms with Gasteiger partial charge in [0.15, 0.2) is 0 Å². The summed E-state index contributed by atoms with van der Waals surface area (Å²) in [5.41, 5.74) is 2.00. The van der Waals surface area contributed by atoms with Crippen LogP contribution in [0.5, 0.6) is 0 Å². The molecule has 5 rings (SSSR count). The maximum absolute atomic E-state index is 13.3. The zero-order chi connectivity index (χ0) is 20.0. The van der Waals surface area contributed by atoms with Gasteiger partial charge >= 0.3 is 0 Å². The Kier molecular flexibility index (Phi) is 4.70. The third-order valence-corrected chi connectivity index (χ3v) is 7.48. The lowest BCUT2D eigenvalue weighted by atomic mass is 9.89. The lowest BCUT2D eigenvalue weighted by Crippen LogP contribution is -2.40. The molecule has 0 unspecified atom stereocenters. The van der Waals surface area contributed by atoms with Crippen LogP contribution < -0.4 is 5.56 Å². The number of rotatable bonds is 2. The van der Waals surface area contributed by atoms with E-state index in [1.165, 1.54) is 10.4 Å². The number of piperidine rings is 1. The molecular weight excluding hydrogens is 384 g/mol. The highest BCUT2D eigenvalue weighted by molar-refractivity contribution is 7.18. The van der Waals surface area contributed by atoms with Crippen molar-refractivity contribution >= 4 is 27.5 Å². The topological polar surface area (TPSA) is 68.1 Å². The summed E-state index contributed by atoms with van der Waals surface area (Å²) < 4.78 is 1.82. The minimum atomic E-state index is 0.0350. The van der Waals surface area contributed by atoms with E-state index in [1.807, 2.05) is 9.47 Å². The number of likely N-dealkylation sites (tertiary alicyclic amines) is 1. The molecule has 3 aromatic heterocycles. The third kappa shape index (κ3) is 3.27. The van der Waals surface area contributed by atoms with Gasteiger partial charge < -0.3 is 4.90 Å². The maximum atomic E-state index is 13.3. The molecule has 1 amide bonds. The van der Waals surface area contributed by atoms with Crippen LogP contribution in [0.3, 0.4) is 0 Å². The van der Waals surface area contributed by atoms with Crippen LogP contribution in [0.25, 0.3) is 10.2 Å². The minimum absolute atomic E-state index is 0.0350. The van der Waals surface area contributed by atoms with E-state index in [2.05, 4.69) is 16.9 Å². The number of aromatic nitrogens is 3. The molecule has 0 N–H and O–H groups in total. The van der Waals surface area contributed by atoms with Crippen molar-refractivity contribution in [2.45, 2.75) is 45.1 Å². The molecule has 3 aromatic rings. The van der Waals surface area contributed by atoms with Gasteiger partial charge in [0, 0.05) is 42.0 Å². The first kappa shape index (κ1) is 18.5. The molecule has 1 saturated heterocycles. The van der Waals surface area contributed by atoms with Crippen LogP contribution in [0, 0.1) is 5.92 Å². The van der Waals surface area contributed by atoms with Gasteiger partial charge in [-0.2, -0.15) is 0 Å². The van der Waals surface area contributed by atoms with Crippen molar-refractivity contribution in [3.63, 3.8) is 0 Å². The van der Waals surface area contributed by atoms with Crippen molar-refractivity contribution in [1.82, 2.24) is 19.4 Å². The first-order valence-electron chi connectivity index (χ1n) is 10.3. The van der Waals surface area contributed by atoms with Crippen LogP contribution in [0.2, 0.25) is 0 Å². The molecular formula is C22H24N4O2S. The maximum Gasteiger partial charge on any atom is 0.262 e. The van der Waals surface area contributed by atoms with Gasteiger partial charge in [-0.3, -0.25) is 19.1 Å². The van der Waals surface area contributed by atoms with E-state index < -0.39 is 0 Å². The van der Waals surface area contributed by atoms with E-state index in [0.717, 1.165) is 42.3 Å². The highest BCUT2D eigenvalue weighted by Gasteiger charge is 2.28. The number of hydrogen-bond donors (Lipinski definition) is 0. The lowest BCUT2D eigenvalue weighted by Gasteiger charge is -2.32. The molecule has 4 heterocycles. The standard InChI is InChI=1S/C22H24N4O2S/c1-14-2-3-17-18(12-14)29-20-19(17)22(28)26(13-24-20)16-6-10-25(11-7-16)21(27)15-4-8-23-9-5-15/h4-5,8-9,13-14,16H,2-3,6-7,10-12H2,1H3/t14-/m0/s1. The number of amides is 1. The van der Waals surface area contributed by atoms with Crippen molar-refractivity contribution in [1.29, 1.82) is 0 Å². The third-order valence-electron chi connectivity index (χ3n) is 6.31. The SMILES string of the molecule is C[C@H]1CCc2c(sc3ncn(C4CCN(C(=O)c5ccncc5)CC4)c(=O)c23)C1. The molecule has 0 radical (unpaired) electrons. The zero-order valence-corrected chi connectivity index (χ0v) is 17.3. The molecule has 150 valence electrons. The molecule has 1 aliphatic carbocycles. The highest BCUT2D eigenvalue weighted by atomic mass is 32.1. The normalized spacial score (nSPS) is 20.0. The Labute approximate surface area is 173 Å². The molecule has 1 aliphatic heterocycles. The van der Waals surface area contributed by atoms with E-state index in [1.54, 1.807) is 42.2 Å². The van der Waals surface area contributed by atoms with E-state index in [-0.39, 0.29) is 17.5 Å². The summed E-state index contributed by atoms with van der Waals surface area (Å²) in [6.07, 6.45) is 9.73. The Morgan fingerprint density at radius 1 is 1.17 bits per heavy atom. The second kappa shape index (κ2) is 7.37. The highest BCUT2D eigenvalue weighted by Crippen LogP contribution is 2.36. The van der Waals surface area contributed by atoms with Crippen molar-refractivity contribution in [3.8, 4) is 0 Å². The van der Waals surface area contributed by atoms with Crippen LogP contribution in [0.15, 0.2) is 35.6 Å². The average Bonchev–Trinajstić information content (AvgIpc) is 3.12. The minimum Gasteiger partial charge on any atom is -0.338 e. The van der Waals surface area contributed by atoms with Crippen LogP contribution in [-0.2, 0) is 12.8 Å². The lowest BCUT2D eigenvalue weighted by molar-refractivity contribution is 0.0693. The molecule has 2 aliphatic rings. The van der Waals surface area contributed by atoms with Gasteiger partial charge in [-0.15, -0.1) is 11.3 Å². The molecule has 0 aromatic carbocycles. The summed E-state index contributed by atoms with van der Waals surface area (Å²) in [7, 11) is 0. The quantitative estimate of drug-likeness (QED) is 0.651. The van der Waals surface area contributed by atoms with Gasteiger partial charge in [-0.1, -0.05) is 6.92 Å². The van der Waals surface area contributed by atoms with Gasteiger partial charge in [0.25, 0.3) is 11.5 Å². The predicted octanol–water partition coefficient (Wildman–Crippen LogP) is 3.46. The van der Waals surface area contributed by atoms with E-state index in [0.29, 0.717) is 24.6 Å². The number of carbonyl (C=O) groups is 1. The fourth-order valence-electron chi connectivity index (χ4n) is 4.63. The monoisotopic (exact) mass is 408 g/mol. The Morgan fingerprint density at radius 2 is 1.93 bits per heavy atom. The summed E-state index contributed by atoms with van der Waals surface area (Å²) in [4.78, 5) is 38.7. The fourth-order valence-corrected chi connectivity index (χ4v) is 5.97. The molecule has 0 saturated carbocycles. The first-order valence-corrected chi connectivity index (χ1v) is 11.1. The van der Waals surface area contributed by atoms with E-state index in [4.69, 9.17) is 0 Å². The smallest absolute Gasteiger partial charge is 0.262 e. The summed E-state index contributed by atoms with van der Waals surface area (Å²) in [5, 5.41) is 0.842. The Balaban J connectivity index is 1.38. The summed E-state index contributed by atoms with van der Waals surface area (Å²) in [5.74, 6) is 0.716. The number of fused-ring (bicyclic) bond motifs is 3. The van der Waals surface area contributed by atoms with Crippen LogP contribution in [0.1, 0.15) is 53.0 Å². The molecule has 29 heavy (non-hydrogen) atoms. The van der Waals surface area contributed by atoms with Crippen LogP contribution >= 0.6 is 11.3 Å². The van der Waals surface area contributed by atoms with E-state index in [9.17, 15) is 9.59 Å². The first-order chi connectivity index (χ1) is 14.1. The average molecular weight is 409 g/mol. The fraction of sp³-hybridized carbons (Fsp3) is 0.455. The summed E-state index contributed by atoms with van der Waals surface area (Å²) >= 11 is 1.69. The predicted molar refractivity (Wildman–Crippen MR) is 113 cm³/mol. The second-order valence-electron chi connectivity index (χ2n) is 8.25. The number of nitrogens with zero attached hydrogens (tertiary/aromatic N) is 4. The van der Waals surface area contributed by atoms with Crippen molar-refractivity contribution in [3.05, 3.63) is 57.2 Å². The van der Waals surface area contributed by atoms with Gasteiger partial charge in [0.1, 0.15) is 4.83 Å². The van der Waals surface area contributed by atoms with Crippen LogP contribution in [0.4, 0.5) is 0 Å². The molecule has 1 fully saturated rings. The molecule has 0 bridgehead atoms. The Bertz CT molecular complexity index is 1110. The largest absolute Gasteiger partial charge is 0.338 e. The number of pyridine rings is 1. The molecule has 7 heteroatoms. The van der Waals surface area contributed by atoms with Crippen molar-refractivity contribution in [2.75, 3.05) is 13.1 Å². The van der Waals surface area contributed by atoms with Crippen molar-refractivity contribution < 1.29 is 4.79 Å². The Hall–Kier alpha value is -2.54. The summed E-state index contributed by atoms with van der Waals surface area (Å²) in [6.45, 7) is 3.57. The Morgan fingerprint density at radius 3 is 2.69 bits per heavy atom. The number of aryl methyl sites for hydroxylation is 1. The number of carbonyl (C=O) groups excluding carboxylic acids is 1. The number of hydrogen-bond acceptors (Lipinski definition) is 5. The van der Waals surface area contributed by atoms with Crippen molar-refractivity contribution in [2.24, 2.45) is 5.92 Å². The molecule has 1 atom stereocenters. The molecule has 6 nitrogen and oxygen atoms in total. The zero-order valence-electron chi connectivity index (χ0n) is 16.5. The van der Waals surface area contributed by atoms with Gasteiger partial charge in [-0.05, 0) is 55.7 Å². The van der Waals surface area contributed by atoms with Crippen LogP contribution in [-0.4, -0.2) is 38.4 Å². The van der Waals surface area contributed by atoms with Gasteiger partial charge in [0.2, 0.25) is 0 Å². The number of thiophene rings is 1. The second-order valence-corrected chi connectivity index (χ2v) is 9.33. The molecule has 0 spiro atoms. The van der Waals surface area contributed by atoms with Gasteiger partial charge in [-0.25, -0.2) is 4.98 Å². The van der Waals surface area contributed by atoms with E-state index >= 15 is 0 Å². The summed E-state index contributed by atoms with van der Waals surface area (Å²) in [6, 6.07) is 3.59.